The molecule has 0 amide bonds. The van der Waals surface area contributed by atoms with Crippen LogP contribution in [0.25, 0.3) is 0 Å². The fourth-order valence-corrected chi connectivity index (χ4v) is 9.76. The number of unbranched alkanes of at least 4 members (excludes halogenated alkanes) is 36. The quantitative estimate of drug-likeness (QED) is 0.0261. The van der Waals surface area contributed by atoms with Crippen molar-refractivity contribution in [3.05, 3.63) is 97.2 Å². The van der Waals surface area contributed by atoms with Gasteiger partial charge in [0.15, 0.2) is 6.10 Å². The van der Waals surface area contributed by atoms with Crippen molar-refractivity contribution in [1.82, 2.24) is 0 Å². The molecule has 1 atom stereocenters. The molecule has 0 aromatic heterocycles. The molecule has 0 saturated carbocycles. The fourth-order valence-electron chi connectivity index (χ4n) is 9.76. The van der Waals surface area contributed by atoms with Gasteiger partial charge in [-0.15, -0.1) is 0 Å². The number of hydrogen-bond donors (Lipinski definition) is 0. The average Bonchev–Trinajstić information content (AvgIpc) is 3.46. The van der Waals surface area contributed by atoms with Gasteiger partial charge in [-0.3, -0.25) is 14.4 Å². The predicted molar refractivity (Wildman–Crippen MR) is 348 cm³/mol. The summed E-state index contributed by atoms with van der Waals surface area (Å²) in [6.07, 6.45) is 91.8. The Kier molecular flexibility index (Phi) is 64.7. The second-order valence-corrected chi connectivity index (χ2v) is 22.7. The SMILES string of the molecule is CC/C=C\C/C=C\C/C=C\C/C=C\C/C=C\CC(=O)OC(COC(=O)CCCCCCCCCCCCCCCC)COC(=O)CCCCCCCCCCCCCCCCCCCC/C=C\C/C=C\C/C=C\CCCCCCC. The molecule has 0 heterocycles. The van der Waals surface area contributed by atoms with Crippen molar-refractivity contribution in [2.24, 2.45) is 0 Å². The Morgan fingerprint density at radius 3 is 0.825 bits per heavy atom. The van der Waals surface area contributed by atoms with E-state index in [1.807, 2.05) is 6.08 Å². The molecule has 0 aromatic rings. The van der Waals surface area contributed by atoms with Crippen molar-refractivity contribution < 1.29 is 28.6 Å². The number of ether oxygens (including phenoxy) is 3. The molecule has 0 bridgehead atoms. The van der Waals surface area contributed by atoms with Gasteiger partial charge in [0.25, 0.3) is 0 Å². The van der Waals surface area contributed by atoms with Crippen LogP contribution in [0.1, 0.15) is 335 Å². The monoisotopic (exact) mass is 1110 g/mol. The third kappa shape index (κ3) is 65.1. The smallest absolute Gasteiger partial charge is 0.310 e. The molecular formula is C74H128O6. The molecule has 0 aromatic carbocycles. The van der Waals surface area contributed by atoms with Crippen LogP contribution >= 0.6 is 0 Å². The number of rotatable bonds is 62. The molecule has 6 heteroatoms. The highest BCUT2D eigenvalue weighted by Gasteiger charge is 2.19. The summed E-state index contributed by atoms with van der Waals surface area (Å²) in [6, 6.07) is 0. The van der Waals surface area contributed by atoms with Crippen LogP contribution < -0.4 is 0 Å². The number of hydrogen-bond acceptors (Lipinski definition) is 6. The standard InChI is InChI=1S/C74H128O6/c1-4-7-10-13-16-19-22-25-28-29-30-31-32-33-34-35-36-37-38-39-40-41-42-43-44-45-47-49-52-55-58-61-64-67-73(76)79-70-71(69-78-72(75)66-63-60-57-54-51-48-27-24-21-18-15-12-9-6-3)80-74(77)68-65-62-59-56-53-50-46-26-23-20-17-14-11-8-5-2/h8,11,17,20,22,25-26,29-30,32-33,46,53,56,62,65,71H,4-7,9-10,12-16,18-19,21,23-24,27-28,31,34-45,47-52,54-55,57-61,63-64,66-70H2,1-3H3/b11-8-,20-17-,25-22-,30-29-,33-32-,46-26-,56-53-,65-62-. The van der Waals surface area contributed by atoms with E-state index in [1.54, 1.807) is 6.08 Å². The second kappa shape index (κ2) is 67.8. The molecule has 0 aliphatic rings. The Labute approximate surface area is 496 Å². The molecule has 1 unspecified atom stereocenters. The van der Waals surface area contributed by atoms with Crippen molar-refractivity contribution in [2.75, 3.05) is 13.2 Å². The van der Waals surface area contributed by atoms with E-state index in [2.05, 4.69) is 106 Å². The number of allylic oxidation sites excluding steroid dienone is 15. The van der Waals surface area contributed by atoms with Gasteiger partial charge in [0.1, 0.15) is 13.2 Å². The van der Waals surface area contributed by atoms with E-state index in [1.165, 1.54) is 212 Å². The van der Waals surface area contributed by atoms with Crippen molar-refractivity contribution in [3.63, 3.8) is 0 Å². The fraction of sp³-hybridized carbons (Fsp3) is 0.743. The van der Waals surface area contributed by atoms with Crippen LogP contribution in [0.4, 0.5) is 0 Å². The van der Waals surface area contributed by atoms with Crippen LogP contribution in [0.3, 0.4) is 0 Å². The lowest BCUT2D eigenvalue weighted by Gasteiger charge is -2.18. The second-order valence-electron chi connectivity index (χ2n) is 22.7. The Bertz CT molecular complexity index is 1560. The van der Waals surface area contributed by atoms with Gasteiger partial charge in [0.2, 0.25) is 0 Å². The molecule has 6 nitrogen and oxygen atoms in total. The van der Waals surface area contributed by atoms with E-state index < -0.39 is 12.1 Å². The van der Waals surface area contributed by atoms with Gasteiger partial charge in [-0.2, -0.15) is 0 Å². The first-order valence-electron chi connectivity index (χ1n) is 34.2. The summed E-state index contributed by atoms with van der Waals surface area (Å²) < 4.78 is 16.8. The van der Waals surface area contributed by atoms with Gasteiger partial charge in [-0.25, -0.2) is 0 Å². The summed E-state index contributed by atoms with van der Waals surface area (Å²) in [5, 5.41) is 0. The van der Waals surface area contributed by atoms with E-state index in [0.29, 0.717) is 12.8 Å². The summed E-state index contributed by atoms with van der Waals surface area (Å²) in [5.41, 5.74) is 0. The molecule has 80 heavy (non-hydrogen) atoms. The minimum absolute atomic E-state index is 0.0988. The number of esters is 3. The van der Waals surface area contributed by atoms with E-state index in [0.717, 1.165) is 83.5 Å². The summed E-state index contributed by atoms with van der Waals surface area (Å²) in [5.74, 6) is -1.03. The van der Waals surface area contributed by atoms with E-state index >= 15 is 0 Å². The summed E-state index contributed by atoms with van der Waals surface area (Å²) >= 11 is 0. The zero-order chi connectivity index (χ0) is 57.8. The zero-order valence-corrected chi connectivity index (χ0v) is 52.8. The molecule has 0 saturated heterocycles. The van der Waals surface area contributed by atoms with Crippen LogP contribution in [0.2, 0.25) is 0 Å². The van der Waals surface area contributed by atoms with Gasteiger partial charge in [-0.1, -0.05) is 330 Å². The minimum atomic E-state index is -0.830. The molecule has 0 fully saturated rings. The summed E-state index contributed by atoms with van der Waals surface area (Å²) in [6.45, 7) is 6.46. The Balaban J connectivity index is 4.20. The molecule has 0 aliphatic carbocycles. The average molecular weight is 1110 g/mol. The van der Waals surface area contributed by atoms with Crippen molar-refractivity contribution in [2.45, 2.75) is 341 Å². The van der Waals surface area contributed by atoms with Gasteiger partial charge in [0.05, 0.1) is 6.42 Å². The van der Waals surface area contributed by atoms with Crippen LogP contribution in [-0.4, -0.2) is 37.2 Å². The van der Waals surface area contributed by atoms with Crippen molar-refractivity contribution in [1.29, 1.82) is 0 Å². The molecule has 460 valence electrons. The molecule has 0 radical (unpaired) electrons. The van der Waals surface area contributed by atoms with Gasteiger partial charge >= 0.3 is 17.9 Å². The highest BCUT2D eigenvalue weighted by Crippen LogP contribution is 2.17. The zero-order valence-electron chi connectivity index (χ0n) is 52.8. The minimum Gasteiger partial charge on any atom is -0.462 e. The summed E-state index contributed by atoms with van der Waals surface area (Å²) in [4.78, 5) is 38.2. The molecule has 0 rings (SSSR count). The van der Waals surface area contributed by atoms with Crippen LogP contribution in [-0.2, 0) is 28.6 Å². The first-order valence-corrected chi connectivity index (χ1v) is 34.2. The maximum absolute atomic E-state index is 12.8. The topological polar surface area (TPSA) is 78.9 Å². The lowest BCUT2D eigenvalue weighted by molar-refractivity contribution is -0.166. The normalized spacial score (nSPS) is 12.7. The first kappa shape index (κ1) is 76.3. The molecule has 0 spiro atoms. The number of carbonyl (C=O) groups is 3. The Hall–Kier alpha value is -3.67. The maximum Gasteiger partial charge on any atom is 0.310 e. The van der Waals surface area contributed by atoms with Crippen LogP contribution in [0, 0.1) is 0 Å². The Morgan fingerprint density at radius 1 is 0.275 bits per heavy atom. The van der Waals surface area contributed by atoms with E-state index in [9.17, 15) is 14.4 Å². The van der Waals surface area contributed by atoms with Crippen molar-refractivity contribution >= 4 is 17.9 Å². The molecule has 0 N–H and O–H groups in total. The third-order valence-corrected chi connectivity index (χ3v) is 14.9. The van der Waals surface area contributed by atoms with E-state index in [4.69, 9.17) is 14.2 Å². The highest BCUT2D eigenvalue weighted by atomic mass is 16.6. The molecular weight excluding hydrogens is 985 g/mol. The third-order valence-electron chi connectivity index (χ3n) is 14.9. The first-order chi connectivity index (χ1) is 39.5. The molecule has 0 aliphatic heterocycles. The van der Waals surface area contributed by atoms with Gasteiger partial charge in [-0.05, 0) is 83.5 Å². The summed E-state index contributed by atoms with van der Waals surface area (Å²) in [7, 11) is 0. The number of carbonyl (C=O) groups excluding carboxylic acids is 3. The van der Waals surface area contributed by atoms with E-state index in [-0.39, 0.29) is 31.6 Å². The van der Waals surface area contributed by atoms with Crippen LogP contribution in [0.5, 0.6) is 0 Å². The largest absolute Gasteiger partial charge is 0.462 e. The lowest BCUT2D eigenvalue weighted by atomic mass is 10.0. The highest BCUT2D eigenvalue weighted by molar-refractivity contribution is 5.72. The van der Waals surface area contributed by atoms with Crippen LogP contribution in [0.15, 0.2) is 97.2 Å². The lowest BCUT2D eigenvalue weighted by Crippen LogP contribution is -2.30. The Morgan fingerprint density at radius 2 is 0.525 bits per heavy atom. The van der Waals surface area contributed by atoms with Crippen molar-refractivity contribution in [3.8, 4) is 0 Å². The van der Waals surface area contributed by atoms with Gasteiger partial charge in [0, 0.05) is 12.8 Å². The predicted octanol–water partition coefficient (Wildman–Crippen LogP) is 23.6. The van der Waals surface area contributed by atoms with Gasteiger partial charge < -0.3 is 14.2 Å². The maximum atomic E-state index is 12.8.